The standard InChI is InChI=1S/C24H35N3O3S/c1-8-18-10-12-19(13-11-18)22(27(6)7)16-25-23(28)21-15-20(14-9-17(21)2)31(29,30)26-24(3,4)5/h9-15,22,26H,8,16H2,1-7H3,(H,25,28). The molecule has 1 atom stereocenters. The summed E-state index contributed by atoms with van der Waals surface area (Å²) in [6.07, 6.45) is 0.978. The third kappa shape index (κ3) is 6.89. The lowest BCUT2D eigenvalue weighted by Gasteiger charge is -2.25. The van der Waals surface area contributed by atoms with Gasteiger partial charge in [0.05, 0.1) is 10.9 Å². The molecule has 31 heavy (non-hydrogen) atoms. The topological polar surface area (TPSA) is 78.5 Å². The van der Waals surface area contributed by atoms with Gasteiger partial charge in [-0.05, 0) is 77.0 Å². The number of sulfonamides is 1. The number of nitrogens with one attached hydrogen (secondary N) is 2. The monoisotopic (exact) mass is 445 g/mol. The molecule has 0 saturated carbocycles. The molecule has 1 unspecified atom stereocenters. The van der Waals surface area contributed by atoms with E-state index in [4.69, 9.17) is 0 Å². The van der Waals surface area contributed by atoms with E-state index in [9.17, 15) is 13.2 Å². The average Bonchev–Trinajstić information content (AvgIpc) is 2.66. The Hall–Kier alpha value is -2.22. The van der Waals surface area contributed by atoms with E-state index in [2.05, 4.69) is 46.1 Å². The molecule has 1 amide bonds. The maximum absolute atomic E-state index is 12.9. The lowest BCUT2D eigenvalue weighted by molar-refractivity contribution is 0.0941. The van der Waals surface area contributed by atoms with Gasteiger partial charge in [-0.15, -0.1) is 0 Å². The van der Waals surface area contributed by atoms with E-state index in [1.54, 1.807) is 33.8 Å². The van der Waals surface area contributed by atoms with Crippen LogP contribution in [0.15, 0.2) is 47.4 Å². The molecule has 0 spiro atoms. The number of rotatable bonds is 8. The zero-order chi connectivity index (χ0) is 23.4. The summed E-state index contributed by atoms with van der Waals surface area (Å²) in [7, 11) is 0.223. The molecule has 2 aromatic rings. The first-order valence-corrected chi connectivity index (χ1v) is 12.0. The molecule has 0 aliphatic heterocycles. The maximum atomic E-state index is 12.9. The molecule has 0 radical (unpaired) electrons. The molecular weight excluding hydrogens is 410 g/mol. The Kier molecular flexibility index (Phi) is 8.03. The fourth-order valence-electron chi connectivity index (χ4n) is 3.33. The van der Waals surface area contributed by atoms with E-state index in [1.807, 2.05) is 14.1 Å². The minimum Gasteiger partial charge on any atom is -0.350 e. The van der Waals surface area contributed by atoms with Crippen molar-refractivity contribution in [3.8, 4) is 0 Å². The van der Waals surface area contributed by atoms with Gasteiger partial charge in [0.25, 0.3) is 5.91 Å². The van der Waals surface area contributed by atoms with Gasteiger partial charge in [0, 0.05) is 17.6 Å². The van der Waals surface area contributed by atoms with Crippen LogP contribution in [0.1, 0.15) is 60.8 Å². The summed E-state index contributed by atoms with van der Waals surface area (Å²) < 4.78 is 28.0. The molecule has 2 N–H and O–H groups in total. The maximum Gasteiger partial charge on any atom is 0.251 e. The van der Waals surface area contributed by atoms with Crippen LogP contribution in [0.3, 0.4) is 0 Å². The SMILES string of the molecule is CCc1ccc(C(CNC(=O)c2cc(S(=O)(=O)NC(C)(C)C)ccc2C)N(C)C)cc1. The average molecular weight is 446 g/mol. The Morgan fingerprint density at radius 1 is 1.06 bits per heavy atom. The third-order valence-electron chi connectivity index (χ3n) is 5.06. The summed E-state index contributed by atoms with van der Waals surface area (Å²) in [6.45, 7) is 9.66. The van der Waals surface area contributed by atoms with Gasteiger partial charge >= 0.3 is 0 Å². The first-order chi connectivity index (χ1) is 14.3. The quantitative estimate of drug-likeness (QED) is 0.650. The van der Waals surface area contributed by atoms with Crippen molar-refractivity contribution in [2.24, 2.45) is 0 Å². The molecule has 2 rings (SSSR count). The smallest absolute Gasteiger partial charge is 0.251 e. The van der Waals surface area contributed by atoms with Crippen molar-refractivity contribution >= 4 is 15.9 Å². The molecule has 7 heteroatoms. The second-order valence-corrected chi connectivity index (χ2v) is 10.8. The number of carbonyl (C=O) groups is 1. The molecule has 2 aromatic carbocycles. The number of likely N-dealkylation sites (N-methyl/N-ethyl adjacent to an activating group) is 1. The Morgan fingerprint density at radius 3 is 2.19 bits per heavy atom. The number of carbonyl (C=O) groups excluding carboxylic acids is 1. The normalized spacial score (nSPS) is 13.3. The van der Waals surface area contributed by atoms with Gasteiger partial charge < -0.3 is 10.2 Å². The summed E-state index contributed by atoms with van der Waals surface area (Å²) in [5.41, 5.74) is 2.85. The van der Waals surface area contributed by atoms with Gasteiger partial charge in [0.2, 0.25) is 10.0 Å². The summed E-state index contributed by atoms with van der Waals surface area (Å²) in [6, 6.07) is 13.0. The lowest BCUT2D eigenvalue weighted by atomic mass is 10.0. The van der Waals surface area contributed by atoms with Crippen LogP contribution < -0.4 is 10.0 Å². The van der Waals surface area contributed by atoms with E-state index >= 15 is 0 Å². The molecule has 0 saturated heterocycles. The van der Waals surface area contributed by atoms with Crippen LogP contribution >= 0.6 is 0 Å². The molecule has 6 nitrogen and oxygen atoms in total. The minimum atomic E-state index is -3.72. The largest absolute Gasteiger partial charge is 0.350 e. The summed E-state index contributed by atoms with van der Waals surface area (Å²) >= 11 is 0. The zero-order valence-electron chi connectivity index (χ0n) is 19.6. The van der Waals surface area contributed by atoms with Gasteiger partial charge in [-0.3, -0.25) is 4.79 Å². The van der Waals surface area contributed by atoms with Gasteiger partial charge in [-0.25, -0.2) is 13.1 Å². The highest BCUT2D eigenvalue weighted by Gasteiger charge is 2.24. The highest BCUT2D eigenvalue weighted by Crippen LogP contribution is 2.20. The molecule has 0 aliphatic carbocycles. The predicted molar refractivity (Wildman–Crippen MR) is 126 cm³/mol. The predicted octanol–water partition coefficient (Wildman–Crippen LogP) is 3.67. The minimum absolute atomic E-state index is 0.00429. The number of nitrogens with zero attached hydrogens (tertiary/aromatic N) is 1. The number of aryl methyl sites for hydroxylation is 2. The molecule has 0 fully saturated rings. The molecule has 0 aromatic heterocycles. The van der Waals surface area contributed by atoms with Crippen LogP contribution in [0.5, 0.6) is 0 Å². The van der Waals surface area contributed by atoms with Crippen LogP contribution in [0.2, 0.25) is 0 Å². The fourth-order valence-corrected chi connectivity index (χ4v) is 4.78. The van der Waals surface area contributed by atoms with Crippen LogP contribution in [0, 0.1) is 6.92 Å². The summed E-state index contributed by atoms with van der Waals surface area (Å²) in [4.78, 5) is 15.1. The van der Waals surface area contributed by atoms with E-state index in [0.717, 1.165) is 17.5 Å². The van der Waals surface area contributed by atoms with Gasteiger partial charge in [-0.2, -0.15) is 0 Å². The van der Waals surface area contributed by atoms with Crippen molar-refractivity contribution in [2.45, 2.75) is 57.5 Å². The fraction of sp³-hybridized carbons (Fsp3) is 0.458. The van der Waals surface area contributed by atoms with Crippen molar-refractivity contribution in [3.63, 3.8) is 0 Å². The van der Waals surface area contributed by atoms with E-state index in [0.29, 0.717) is 12.1 Å². The molecule has 170 valence electrons. The summed E-state index contributed by atoms with van der Waals surface area (Å²) in [5.74, 6) is -0.290. The van der Waals surface area contributed by atoms with Crippen LogP contribution in [-0.4, -0.2) is 45.4 Å². The second-order valence-electron chi connectivity index (χ2n) is 9.12. The Labute approximate surface area is 187 Å². The number of benzene rings is 2. The molecule has 0 bridgehead atoms. The molecular formula is C24H35N3O3S. The van der Waals surface area contributed by atoms with Crippen molar-refractivity contribution < 1.29 is 13.2 Å². The van der Waals surface area contributed by atoms with E-state index in [1.165, 1.54) is 17.7 Å². The first-order valence-electron chi connectivity index (χ1n) is 10.5. The molecule has 0 aliphatic rings. The Balaban J connectivity index is 2.22. The van der Waals surface area contributed by atoms with Crippen LogP contribution in [0.4, 0.5) is 0 Å². The zero-order valence-corrected chi connectivity index (χ0v) is 20.4. The highest BCUT2D eigenvalue weighted by molar-refractivity contribution is 7.89. The van der Waals surface area contributed by atoms with Gasteiger partial charge in [0.15, 0.2) is 0 Å². The van der Waals surface area contributed by atoms with Crippen molar-refractivity contribution in [1.82, 2.24) is 14.9 Å². The Morgan fingerprint density at radius 2 is 1.68 bits per heavy atom. The Bertz CT molecular complexity index is 1010. The number of amides is 1. The van der Waals surface area contributed by atoms with Crippen molar-refractivity contribution in [3.05, 3.63) is 64.7 Å². The van der Waals surface area contributed by atoms with E-state index < -0.39 is 15.6 Å². The van der Waals surface area contributed by atoms with Gasteiger partial charge in [-0.1, -0.05) is 37.3 Å². The summed E-state index contributed by atoms with van der Waals surface area (Å²) in [5, 5.41) is 2.98. The lowest BCUT2D eigenvalue weighted by Crippen LogP contribution is -2.40. The number of hydrogen-bond acceptors (Lipinski definition) is 4. The first kappa shape index (κ1) is 25.0. The van der Waals surface area contributed by atoms with Gasteiger partial charge in [0.1, 0.15) is 0 Å². The number of hydrogen-bond donors (Lipinski definition) is 2. The molecule has 0 heterocycles. The van der Waals surface area contributed by atoms with E-state index in [-0.39, 0.29) is 16.8 Å². The van der Waals surface area contributed by atoms with Crippen LogP contribution in [0.25, 0.3) is 0 Å². The highest BCUT2D eigenvalue weighted by atomic mass is 32.2. The van der Waals surface area contributed by atoms with Crippen molar-refractivity contribution in [2.75, 3.05) is 20.6 Å². The second kappa shape index (κ2) is 9.94. The third-order valence-corrected chi connectivity index (χ3v) is 6.81. The van der Waals surface area contributed by atoms with Crippen LogP contribution in [-0.2, 0) is 16.4 Å². The van der Waals surface area contributed by atoms with Crippen molar-refractivity contribution in [1.29, 1.82) is 0 Å².